The highest BCUT2D eigenvalue weighted by atomic mass is 32.1. The molecule has 6 nitrogen and oxygen atoms in total. The van der Waals surface area contributed by atoms with Gasteiger partial charge < -0.3 is 4.57 Å². The van der Waals surface area contributed by atoms with E-state index in [0.29, 0.717) is 10.5 Å². The second-order valence-electron chi connectivity index (χ2n) is 4.71. The van der Waals surface area contributed by atoms with Gasteiger partial charge in [0.25, 0.3) is 5.91 Å². The minimum Gasteiger partial charge on any atom is -0.319 e. The number of hydrogen-bond donors (Lipinski definition) is 1. The molecule has 0 atom stereocenters. The van der Waals surface area contributed by atoms with E-state index in [1.54, 1.807) is 13.1 Å². The smallest absolute Gasteiger partial charge is 0.297 e. The molecule has 21 heavy (non-hydrogen) atoms. The third-order valence-electron chi connectivity index (χ3n) is 3.29. The van der Waals surface area contributed by atoms with Crippen LogP contribution in [0.15, 0.2) is 41.0 Å². The lowest BCUT2D eigenvalue weighted by Crippen LogP contribution is -2.43. The van der Waals surface area contributed by atoms with Crippen molar-refractivity contribution in [2.75, 3.05) is 7.05 Å². The molecular weight excluding hydrogens is 288 g/mol. The molecule has 0 fully saturated rings. The summed E-state index contributed by atoms with van der Waals surface area (Å²) in [4.78, 5) is 28.4. The summed E-state index contributed by atoms with van der Waals surface area (Å²) in [5, 5.41) is 1.30. The number of carbonyl (C=O) groups excluding carboxylic acids is 2. The molecule has 0 bridgehead atoms. The third kappa shape index (κ3) is 2.47. The highest BCUT2D eigenvalue weighted by Crippen LogP contribution is 2.15. The molecule has 2 aromatic rings. The number of aromatic nitrogens is 1. The number of fused-ring (bicyclic) bond motifs is 1. The van der Waals surface area contributed by atoms with Crippen molar-refractivity contribution in [3.05, 3.63) is 40.8 Å². The van der Waals surface area contributed by atoms with Gasteiger partial charge in [-0.1, -0.05) is 23.5 Å². The largest absolute Gasteiger partial charge is 0.319 e. The van der Waals surface area contributed by atoms with Crippen molar-refractivity contribution in [1.82, 2.24) is 15.0 Å². The SMILES string of the molecule is CN1NC(C(=O)N=c2sc3ccccc3n2C)=CCC1=O. The van der Waals surface area contributed by atoms with Crippen molar-refractivity contribution in [2.45, 2.75) is 6.42 Å². The average molecular weight is 302 g/mol. The molecule has 0 unspecified atom stereocenters. The van der Waals surface area contributed by atoms with E-state index in [4.69, 9.17) is 0 Å². The normalized spacial score (nSPS) is 16.1. The van der Waals surface area contributed by atoms with E-state index >= 15 is 0 Å². The summed E-state index contributed by atoms with van der Waals surface area (Å²) >= 11 is 1.46. The number of para-hydroxylation sites is 1. The van der Waals surface area contributed by atoms with Crippen molar-refractivity contribution < 1.29 is 9.59 Å². The quantitative estimate of drug-likeness (QED) is 0.852. The summed E-state index contributed by atoms with van der Waals surface area (Å²) in [6.07, 6.45) is 1.78. The average Bonchev–Trinajstić information content (AvgIpc) is 2.79. The van der Waals surface area contributed by atoms with Crippen LogP contribution in [0.4, 0.5) is 0 Å². The van der Waals surface area contributed by atoms with Crippen LogP contribution in [0.2, 0.25) is 0 Å². The van der Waals surface area contributed by atoms with Gasteiger partial charge in [0, 0.05) is 20.5 Å². The minimum absolute atomic E-state index is 0.0843. The van der Waals surface area contributed by atoms with Crippen LogP contribution < -0.4 is 10.2 Å². The van der Waals surface area contributed by atoms with Crippen LogP contribution >= 0.6 is 11.3 Å². The standard InChI is InChI=1S/C14H14N4O2S/c1-17-10-5-3-4-6-11(10)21-14(17)15-13(20)9-7-8-12(19)18(2)16-9/h3-7,16H,8H2,1-2H3. The van der Waals surface area contributed by atoms with Crippen LogP contribution in [0.1, 0.15) is 6.42 Å². The first-order valence-electron chi connectivity index (χ1n) is 6.43. The van der Waals surface area contributed by atoms with Gasteiger partial charge in [-0.05, 0) is 18.2 Å². The van der Waals surface area contributed by atoms with Gasteiger partial charge in [0.1, 0.15) is 5.70 Å². The number of carbonyl (C=O) groups is 2. The van der Waals surface area contributed by atoms with Crippen molar-refractivity contribution in [1.29, 1.82) is 0 Å². The molecule has 1 N–H and O–H groups in total. The Balaban J connectivity index is 1.99. The zero-order valence-electron chi connectivity index (χ0n) is 11.7. The van der Waals surface area contributed by atoms with E-state index < -0.39 is 0 Å². The van der Waals surface area contributed by atoms with Crippen LogP contribution in [0.3, 0.4) is 0 Å². The number of nitrogens with zero attached hydrogens (tertiary/aromatic N) is 3. The lowest BCUT2D eigenvalue weighted by Gasteiger charge is -2.23. The molecule has 0 radical (unpaired) electrons. The minimum atomic E-state index is -0.378. The number of nitrogens with one attached hydrogen (secondary N) is 1. The highest BCUT2D eigenvalue weighted by Gasteiger charge is 2.19. The number of aryl methyl sites for hydroxylation is 1. The molecule has 2 amide bonds. The van der Waals surface area contributed by atoms with Crippen LogP contribution in [-0.2, 0) is 16.6 Å². The molecule has 0 saturated carbocycles. The number of rotatable bonds is 1. The molecular formula is C14H14N4O2S. The first-order valence-corrected chi connectivity index (χ1v) is 7.25. The van der Waals surface area contributed by atoms with Crippen LogP contribution in [0.5, 0.6) is 0 Å². The first-order chi connectivity index (χ1) is 10.1. The topological polar surface area (TPSA) is 66.7 Å². The third-order valence-corrected chi connectivity index (χ3v) is 4.40. The van der Waals surface area contributed by atoms with E-state index in [-0.39, 0.29) is 18.2 Å². The maximum atomic E-state index is 12.2. The summed E-state index contributed by atoms with van der Waals surface area (Å²) in [7, 11) is 3.46. The Bertz CT molecular complexity index is 831. The van der Waals surface area contributed by atoms with Crippen LogP contribution in [-0.4, -0.2) is 28.4 Å². The number of amides is 2. The zero-order valence-corrected chi connectivity index (χ0v) is 12.5. The van der Waals surface area contributed by atoms with Crippen molar-refractivity contribution in [3.63, 3.8) is 0 Å². The van der Waals surface area contributed by atoms with E-state index in [2.05, 4.69) is 10.4 Å². The van der Waals surface area contributed by atoms with Gasteiger partial charge in [-0.3, -0.25) is 20.0 Å². The summed E-state index contributed by atoms with van der Waals surface area (Å²) in [5.74, 6) is -0.463. The predicted octanol–water partition coefficient (Wildman–Crippen LogP) is 0.918. The Hall–Kier alpha value is -2.41. The number of thiazole rings is 1. The molecule has 1 aromatic carbocycles. The fourth-order valence-electron chi connectivity index (χ4n) is 2.09. The van der Waals surface area contributed by atoms with E-state index in [1.807, 2.05) is 35.9 Å². The highest BCUT2D eigenvalue weighted by molar-refractivity contribution is 7.16. The Labute approximate surface area is 125 Å². The Morgan fingerprint density at radius 3 is 2.81 bits per heavy atom. The Morgan fingerprint density at radius 2 is 2.10 bits per heavy atom. The fraction of sp³-hybridized carbons (Fsp3) is 0.214. The summed E-state index contributed by atoms with van der Waals surface area (Å²) in [6, 6.07) is 7.89. The summed E-state index contributed by atoms with van der Waals surface area (Å²) in [5.41, 5.74) is 4.10. The van der Waals surface area contributed by atoms with Crippen molar-refractivity contribution in [3.8, 4) is 0 Å². The molecule has 108 valence electrons. The predicted molar refractivity (Wildman–Crippen MR) is 80.0 cm³/mol. The van der Waals surface area contributed by atoms with Gasteiger partial charge >= 0.3 is 0 Å². The van der Waals surface area contributed by atoms with Gasteiger partial charge in [0.2, 0.25) is 5.91 Å². The van der Waals surface area contributed by atoms with Gasteiger partial charge in [0.05, 0.1) is 10.2 Å². The van der Waals surface area contributed by atoms with Gasteiger partial charge in [-0.2, -0.15) is 4.99 Å². The lowest BCUT2D eigenvalue weighted by molar-refractivity contribution is -0.132. The van der Waals surface area contributed by atoms with Crippen LogP contribution in [0, 0.1) is 0 Å². The summed E-state index contributed by atoms with van der Waals surface area (Å²) in [6.45, 7) is 0. The number of hydrogen-bond acceptors (Lipinski definition) is 4. The Kier molecular flexibility index (Phi) is 3.34. The number of benzene rings is 1. The molecule has 7 heteroatoms. The van der Waals surface area contributed by atoms with Crippen LogP contribution in [0.25, 0.3) is 10.2 Å². The van der Waals surface area contributed by atoms with Crippen molar-refractivity contribution in [2.24, 2.45) is 12.0 Å². The van der Waals surface area contributed by atoms with Gasteiger partial charge in [-0.15, -0.1) is 0 Å². The van der Waals surface area contributed by atoms with E-state index in [9.17, 15) is 9.59 Å². The molecule has 0 aliphatic carbocycles. The molecule has 1 aromatic heterocycles. The monoisotopic (exact) mass is 302 g/mol. The molecule has 3 rings (SSSR count). The molecule has 2 heterocycles. The molecule has 0 saturated heterocycles. The van der Waals surface area contributed by atoms with Gasteiger partial charge in [-0.25, -0.2) is 0 Å². The van der Waals surface area contributed by atoms with E-state index in [0.717, 1.165) is 10.2 Å². The lowest BCUT2D eigenvalue weighted by atomic mass is 10.2. The van der Waals surface area contributed by atoms with E-state index in [1.165, 1.54) is 16.3 Å². The molecule has 0 spiro atoms. The second-order valence-corrected chi connectivity index (χ2v) is 5.72. The summed E-state index contributed by atoms with van der Waals surface area (Å²) < 4.78 is 2.96. The van der Waals surface area contributed by atoms with Gasteiger partial charge in [0.15, 0.2) is 4.80 Å². The molecule has 1 aliphatic heterocycles. The molecule has 1 aliphatic rings. The van der Waals surface area contributed by atoms with Crippen molar-refractivity contribution >= 4 is 33.4 Å². The Morgan fingerprint density at radius 1 is 1.33 bits per heavy atom. The zero-order chi connectivity index (χ0) is 15.0. The fourth-order valence-corrected chi connectivity index (χ4v) is 3.10. The second kappa shape index (κ2) is 5.17. The maximum Gasteiger partial charge on any atom is 0.297 e. The number of hydrazine groups is 1. The first kappa shape index (κ1) is 13.6. The maximum absolute atomic E-state index is 12.2.